The minimum absolute atomic E-state index is 0.295. The summed E-state index contributed by atoms with van der Waals surface area (Å²) >= 11 is 0. The largest absolute Gasteiger partial charge is 0.444 e. The van der Waals surface area contributed by atoms with E-state index in [-0.39, 0.29) is 11.7 Å². The Bertz CT molecular complexity index is 425. The number of methoxy groups -OCH3 is 1. The summed E-state index contributed by atoms with van der Waals surface area (Å²) in [6, 6.07) is 0. The van der Waals surface area contributed by atoms with Crippen molar-refractivity contribution < 1.29 is 19.0 Å². The third-order valence-corrected chi connectivity index (χ3v) is 3.78. The van der Waals surface area contributed by atoms with Gasteiger partial charge in [0, 0.05) is 33.2 Å². The van der Waals surface area contributed by atoms with Crippen LogP contribution in [0.5, 0.6) is 0 Å². The highest BCUT2D eigenvalue weighted by Gasteiger charge is 2.35. The number of nitrogens with one attached hydrogen (secondary N) is 1. The van der Waals surface area contributed by atoms with Gasteiger partial charge in [0.05, 0.1) is 19.7 Å². The van der Waals surface area contributed by atoms with Crippen molar-refractivity contribution in [3.8, 4) is 0 Å². The maximum absolute atomic E-state index is 12.1. The molecule has 2 aliphatic heterocycles. The summed E-state index contributed by atoms with van der Waals surface area (Å²) in [6.07, 6.45) is 0.562. The lowest BCUT2D eigenvalue weighted by atomic mass is 10.0. The Hall–Kier alpha value is -1.34. The summed E-state index contributed by atoms with van der Waals surface area (Å²) < 4.78 is 16.4. The van der Waals surface area contributed by atoms with Crippen molar-refractivity contribution in [2.24, 2.45) is 4.99 Å². The van der Waals surface area contributed by atoms with Gasteiger partial charge in [0.2, 0.25) is 0 Å². The molecule has 0 aromatic carbocycles. The molecule has 1 N–H and O–H groups in total. The second-order valence-electron chi connectivity index (χ2n) is 6.77. The molecule has 126 valence electrons. The molecule has 7 nitrogen and oxygen atoms in total. The van der Waals surface area contributed by atoms with Crippen LogP contribution in [0.2, 0.25) is 0 Å². The first-order valence-corrected chi connectivity index (χ1v) is 7.72. The number of rotatable bonds is 3. The normalized spacial score (nSPS) is 25.8. The Labute approximate surface area is 132 Å². The van der Waals surface area contributed by atoms with Gasteiger partial charge in [-0.05, 0) is 20.8 Å². The van der Waals surface area contributed by atoms with Crippen LogP contribution in [0.1, 0.15) is 27.2 Å². The molecule has 1 saturated heterocycles. The minimum atomic E-state index is -0.486. The average molecular weight is 313 g/mol. The van der Waals surface area contributed by atoms with Crippen LogP contribution in [0.15, 0.2) is 4.99 Å². The summed E-state index contributed by atoms with van der Waals surface area (Å²) in [4.78, 5) is 18.2. The van der Waals surface area contributed by atoms with Crippen LogP contribution in [0.4, 0.5) is 4.79 Å². The molecule has 1 fully saturated rings. The van der Waals surface area contributed by atoms with Gasteiger partial charge in [-0.3, -0.25) is 9.89 Å². The lowest BCUT2D eigenvalue weighted by molar-refractivity contribution is -0.0129. The summed E-state index contributed by atoms with van der Waals surface area (Å²) in [5.74, 6) is 0.792. The molecule has 7 heteroatoms. The molecule has 0 saturated carbocycles. The van der Waals surface area contributed by atoms with E-state index in [4.69, 9.17) is 14.2 Å². The molecular weight excluding hydrogens is 286 g/mol. The van der Waals surface area contributed by atoms with Crippen LogP contribution in [0.25, 0.3) is 0 Å². The smallest absolute Gasteiger partial charge is 0.410 e. The number of carbonyl (C=O) groups is 1. The quantitative estimate of drug-likeness (QED) is 0.842. The predicted molar refractivity (Wildman–Crippen MR) is 83.3 cm³/mol. The molecular formula is C15H27N3O4. The van der Waals surface area contributed by atoms with E-state index in [9.17, 15) is 4.79 Å². The average Bonchev–Trinajstić information content (AvgIpc) is 2.93. The van der Waals surface area contributed by atoms with E-state index in [0.717, 1.165) is 12.3 Å². The second kappa shape index (κ2) is 6.83. The SMILES string of the molecule is COC1(CNC2=NCCN(C(=O)OC(C)(C)C)C2)CCOC1. The number of hydrogen-bond donors (Lipinski definition) is 1. The molecule has 0 bridgehead atoms. The number of ether oxygens (including phenoxy) is 3. The third-order valence-electron chi connectivity index (χ3n) is 3.78. The van der Waals surface area contributed by atoms with E-state index >= 15 is 0 Å². The molecule has 1 atom stereocenters. The Morgan fingerprint density at radius 1 is 1.50 bits per heavy atom. The monoisotopic (exact) mass is 313 g/mol. The van der Waals surface area contributed by atoms with Crippen molar-refractivity contribution in [3.05, 3.63) is 0 Å². The van der Waals surface area contributed by atoms with E-state index in [1.54, 1.807) is 12.0 Å². The number of nitrogens with zero attached hydrogens (tertiary/aromatic N) is 2. The van der Waals surface area contributed by atoms with Crippen LogP contribution in [-0.4, -0.2) is 74.5 Å². The maximum atomic E-state index is 12.1. The first kappa shape index (κ1) is 17.0. The van der Waals surface area contributed by atoms with Gasteiger partial charge in [0.15, 0.2) is 0 Å². The second-order valence-corrected chi connectivity index (χ2v) is 6.77. The molecule has 2 rings (SSSR count). The molecule has 0 radical (unpaired) electrons. The van der Waals surface area contributed by atoms with Crippen LogP contribution in [-0.2, 0) is 14.2 Å². The van der Waals surface area contributed by atoms with E-state index in [2.05, 4.69) is 10.3 Å². The van der Waals surface area contributed by atoms with Crippen molar-refractivity contribution in [1.29, 1.82) is 0 Å². The van der Waals surface area contributed by atoms with Gasteiger partial charge in [-0.1, -0.05) is 0 Å². The fourth-order valence-electron chi connectivity index (χ4n) is 2.43. The summed E-state index contributed by atoms with van der Waals surface area (Å²) in [6.45, 7) is 9.13. The standard InChI is InChI=1S/C15H27N3O4/c1-14(2,3)22-13(19)18-7-6-16-12(9-18)17-10-15(20-4)5-8-21-11-15/h5-11H2,1-4H3,(H,16,17). The van der Waals surface area contributed by atoms with Crippen LogP contribution < -0.4 is 5.32 Å². The maximum Gasteiger partial charge on any atom is 0.410 e. The summed E-state index contributed by atoms with van der Waals surface area (Å²) in [5, 5.41) is 3.30. The summed E-state index contributed by atoms with van der Waals surface area (Å²) in [7, 11) is 1.70. The number of carbonyl (C=O) groups excluding carboxylic acids is 1. The highest BCUT2D eigenvalue weighted by Crippen LogP contribution is 2.21. The van der Waals surface area contributed by atoms with Gasteiger partial charge in [-0.25, -0.2) is 4.79 Å². The molecule has 22 heavy (non-hydrogen) atoms. The van der Waals surface area contributed by atoms with Crippen molar-refractivity contribution in [3.63, 3.8) is 0 Å². The van der Waals surface area contributed by atoms with E-state index in [1.165, 1.54) is 0 Å². The molecule has 2 heterocycles. The molecule has 1 amide bonds. The van der Waals surface area contributed by atoms with Crippen molar-refractivity contribution in [1.82, 2.24) is 10.2 Å². The number of amidine groups is 1. The van der Waals surface area contributed by atoms with Crippen LogP contribution in [0.3, 0.4) is 0 Å². The fourth-order valence-corrected chi connectivity index (χ4v) is 2.43. The predicted octanol–water partition coefficient (Wildman–Crippen LogP) is 1.03. The first-order valence-electron chi connectivity index (χ1n) is 7.72. The first-order chi connectivity index (χ1) is 10.3. The topological polar surface area (TPSA) is 72.4 Å². The Morgan fingerprint density at radius 2 is 2.27 bits per heavy atom. The Morgan fingerprint density at radius 3 is 2.86 bits per heavy atom. The van der Waals surface area contributed by atoms with Gasteiger partial charge >= 0.3 is 6.09 Å². The van der Waals surface area contributed by atoms with Crippen molar-refractivity contribution in [2.75, 3.05) is 46.5 Å². The molecule has 0 aliphatic carbocycles. The van der Waals surface area contributed by atoms with Gasteiger partial charge in [-0.2, -0.15) is 0 Å². The third kappa shape index (κ3) is 4.58. The van der Waals surface area contributed by atoms with Gasteiger partial charge in [0.25, 0.3) is 0 Å². The van der Waals surface area contributed by atoms with E-state index in [1.807, 2.05) is 20.8 Å². The fraction of sp³-hybridized carbons (Fsp3) is 0.867. The molecule has 2 aliphatic rings. The van der Waals surface area contributed by atoms with E-state index < -0.39 is 5.60 Å². The molecule has 1 unspecified atom stereocenters. The van der Waals surface area contributed by atoms with Gasteiger partial charge in [0.1, 0.15) is 17.0 Å². The zero-order valence-electron chi connectivity index (χ0n) is 14.0. The lowest BCUT2D eigenvalue weighted by Crippen LogP contribution is -2.51. The number of hydrogen-bond acceptors (Lipinski definition) is 6. The molecule has 0 spiro atoms. The highest BCUT2D eigenvalue weighted by atomic mass is 16.6. The minimum Gasteiger partial charge on any atom is -0.444 e. The number of amides is 1. The molecule has 0 aromatic heterocycles. The zero-order valence-corrected chi connectivity index (χ0v) is 14.0. The Balaban J connectivity index is 1.85. The highest BCUT2D eigenvalue weighted by molar-refractivity contribution is 5.87. The Kier molecular flexibility index (Phi) is 5.28. The van der Waals surface area contributed by atoms with Gasteiger partial charge in [-0.15, -0.1) is 0 Å². The lowest BCUT2D eigenvalue weighted by Gasteiger charge is -2.32. The van der Waals surface area contributed by atoms with Crippen LogP contribution in [0, 0.1) is 0 Å². The van der Waals surface area contributed by atoms with Crippen molar-refractivity contribution >= 4 is 11.9 Å². The summed E-state index contributed by atoms with van der Waals surface area (Å²) in [5.41, 5.74) is -0.780. The number of aliphatic imine (C=N–C) groups is 1. The zero-order chi connectivity index (χ0) is 16.2. The van der Waals surface area contributed by atoms with Gasteiger partial charge < -0.3 is 19.5 Å². The van der Waals surface area contributed by atoms with Crippen LogP contribution >= 0.6 is 0 Å². The van der Waals surface area contributed by atoms with E-state index in [0.29, 0.717) is 39.4 Å². The molecule has 0 aromatic rings. The van der Waals surface area contributed by atoms with Crippen molar-refractivity contribution in [2.45, 2.75) is 38.4 Å².